The van der Waals surface area contributed by atoms with E-state index in [2.05, 4.69) is 35.8 Å². The number of hydrogen-bond donors (Lipinski definition) is 3. The van der Waals surface area contributed by atoms with Gasteiger partial charge in [0.1, 0.15) is 16.7 Å². The molecule has 28 heavy (non-hydrogen) atoms. The number of ether oxygens (including phenoxy) is 1. The number of H-pyrrole nitrogens is 1. The molecule has 3 aromatic rings. The third-order valence-electron chi connectivity index (χ3n) is 4.02. The first kappa shape index (κ1) is 19.6. The van der Waals surface area contributed by atoms with Crippen molar-refractivity contribution in [2.45, 2.75) is 13.0 Å². The Bertz CT molecular complexity index is 907. The van der Waals surface area contributed by atoms with Crippen molar-refractivity contribution in [3.8, 4) is 17.1 Å². The molecule has 8 nitrogen and oxygen atoms in total. The van der Waals surface area contributed by atoms with Gasteiger partial charge in [0.15, 0.2) is 11.8 Å². The molecular formula is C19H22ClN7O. The van der Waals surface area contributed by atoms with E-state index in [0.717, 1.165) is 35.7 Å². The van der Waals surface area contributed by atoms with E-state index in [9.17, 15) is 0 Å². The van der Waals surface area contributed by atoms with E-state index >= 15 is 0 Å². The molecule has 1 aromatic carbocycles. The molecule has 2 heterocycles. The van der Waals surface area contributed by atoms with Crippen LogP contribution >= 0.6 is 11.6 Å². The number of aromatic amines is 1. The number of methoxy groups -OCH3 is 1. The second-order valence-corrected chi connectivity index (χ2v) is 6.31. The lowest BCUT2D eigenvalue weighted by molar-refractivity contribution is 0.415. The minimum atomic E-state index is 0.478. The summed E-state index contributed by atoms with van der Waals surface area (Å²) in [5.41, 5.74) is 2.02. The molecule has 0 aliphatic rings. The maximum absolute atomic E-state index is 5.80. The molecule has 0 fully saturated rings. The molecule has 0 spiro atoms. The molecule has 0 aliphatic heterocycles. The van der Waals surface area contributed by atoms with Crippen molar-refractivity contribution in [2.75, 3.05) is 20.7 Å². The summed E-state index contributed by atoms with van der Waals surface area (Å²) < 4.78 is 5.17. The number of guanidine groups is 1. The Labute approximate surface area is 168 Å². The summed E-state index contributed by atoms with van der Waals surface area (Å²) in [5, 5.41) is 14.2. The van der Waals surface area contributed by atoms with E-state index in [4.69, 9.17) is 16.3 Å². The van der Waals surface area contributed by atoms with Crippen LogP contribution in [0.2, 0.25) is 5.15 Å². The summed E-state index contributed by atoms with van der Waals surface area (Å²) in [4.78, 5) is 12.8. The van der Waals surface area contributed by atoms with Gasteiger partial charge in [-0.2, -0.15) is 5.10 Å². The van der Waals surface area contributed by atoms with E-state index in [1.54, 1.807) is 26.4 Å². The number of pyridine rings is 1. The van der Waals surface area contributed by atoms with E-state index in [1.165, 1.54) is 0 Å². The molecule has 0 unspecified atom stereocenters. The fourth-order valence-corrected chi connectivity index (χ4v) is 2.62. The van der Waals surface area contributed by atoms with Gasteiger partial charge in [0, 0.05) is 25.4 Å². The number of rotatable bonds is 7. The minimum Gasteiger partial charge on any atom is -0.497 e. The normalized spacial score (nSPS) is 11.3. The number of aromatic nitrogens is 4. The maximum Gasteiger partial charge on any atom is 0.191 e. The number of hydrogen-bond acceptors (Lipinski definition) is 5. The van der Waals surface area contributed by atoms with Crippen LogP contribution in [0.5, 0.6) is 5.75 Å². The Morgan fingerprint density at radius 3 is 2.68 bits per heavy atom. The average molecular weight is 400 g/mol. The van der Waals surface area contributed by atoms with Gasteiger partial charge < -0.3 is 15.4 Å². The lowest BCUT2D eigenvalue weighted by atomic mass is 10.2. The highest BCUT2D eigenvalue weighted by Gasteiger charge is 2.07. The van der Waals surface area contributed by atoms with Crippen molar-refractivity contribution in [3.05, 3.63) is 59.1 Å². The van der Waals surface area contributed by atoms with Crippen LogP contribution in [-0.2, 0) is 13.0 Å². The molecule has 3 rings (SSSR count). The topological polar surface area (TPSA) is 100 Å². The highest BCUT2D eigenvalue weighted by molar-refractivity contribution is 6.29. The fraction of sp³-hybridized carbons (Fsp3) is 0.263. The summed E-state index contributed by atoms with van der Waals surface area (Å²) in [6.07, 6.45) is 2.59. The van der Waals surface area contributed by atoms with Gasteiger partial charge in [0.25, 0.3) is 0 Å². The summed E-state index contributed by atoms with van der Waals surface area (Å²) >= 11 is 5.80. The molecule has 0 amide bonds. The Kier molecular flexibility index (Phi) is 6.80. The van der Waals surface area contributed by atoms with Crippen LogP contribution in [0.3, 0.4) is 0 Å². The van der Waals surface area contributed by atoms with Crippen molar-refractivity contribution in [1.29, 1.82) is 0 Å². The number of nitrogens with zero attached hydrogens (tertiary/aromatic N) is 4. The van der Waals surface area contributed by atoms with Crippen molar-refractivity contribution < 1.29 is 4.74 Å². The van der Waals surface area contributed by atoms with E-state index in [-0.39, 0.29) is 0 Å². The SMILES string of the molecule is CN=C(NCCc1ccc(Cl)nc1)NCc1nc(-c2ccc(OC)cc2)n[nH]1. The largest absolute Gasteiger partial charge is 0.497 e. The maximum atomic E-state index is 5.80. The summed E-state index contributed by atoms with van der Waals surface area (Å²) in [5.74, 6) is 2.84. The predicted octanol–water partition coefficient (Wildman–Crippen LogP) is 2.44. The van der Waals surface area contributed by atoms with Crippen LogP contribution in [0.1, 0.15) is 11.4 Å². The molecule has 0 saturated carbocycles. The smallest absolute Gasteiger partial charge is 0.191 e. The Balaban J connectivity index is 1.48. The zero-order chi connectivity index (χ0) is 19.8. The van der Waals surface area contributed by atoms with Crippen LogP contribution in [0.15, 0.2) is 47.6 Å². The van der Waals surface area contributed by atoms with Crippen LogP contribution < -0.4 is 15.4 Å². The second kappa shape index (κ2) is 9.70. The molecule has 0 atom stereocenters. The second-order valence-electron chi connectivity index (χ2n) is 5.93. The summed E-state index contributed by atoms with van der Waals surface area (Å²) in [7, 11) is 3.36. The first-order valence-corrected chi connectivity index (χ1v) is 9.16. The molecule has 0 radical (unpaired) electrons. The lowest BCUT2D eigenvalue weighted by Crippen LogP contribution is -2.38. The number of nitrogens with one attached hydrogen (secondary N) is 3. The number of halogens is 1. The first-order valence-electron chi connectivity index (χ1n) is 8.78. The Hall–Kier alpha value is -3.13. The van der Waals surface area contributed by atoms with Gasteiger partial charge in [-0.15, -0.1) is 0 Å². The van der Waals surface area contributed by atoms with E-state index < -0.39 is 0 Å². The molecule has 0 bridgehead atoms. The van der Waals surface area contributed by atoms with Crippen LogP contribution in [0, 0.1) is 0 Å². The third-order valence-corrected chi connectivity index (χ3v) is 4.25. The van der Waals surface area contributed by atoms with Crippen molar-refractivity contribution in [3.63, 3.8) is 0 Å². The molecule has 146 valence electrons. The Morgan fingerprint density at radius 2 is 2.00 bits per heavy atom. The lowest BCUT2D eigenvalue weighted by Gasteiger charge is -2.10. The van der Waals surface area contributed by atoms with Crippen molar-refractivity contribution in [2.24, 2.45) is 4.99 Å². The van der Waals surface area contributed by atoms with Crippen LogP contribution in [-0.4, -0.2) is 46.8 Å². The van der Waals surface area contributed by atoms with Gasteiger partial charge in [0.05, 0.1) is 13.7 Å². The number of benzene rings is 1. The molecule has 2 aromatic heterocycles. The van der Waals surface area contributed by atoms with Crippen LogP contribution in [0.4, 0.5) is 0 Å². The summed E-state index contributed by atoms with van der Waals surface area (Å²) in [6, 6.07) is 11.4. The average Bonchev–Trinajstić information content (AvgIpc) is 3.21. The van der Waals surface area contributed by atoms with Crippen molar-refractivity contribution in [1.82, 2.24) is 30.8 Å². The van der Waals surface area contributed by atoms with Gasteiger partial charge in [-0.1, -0.05) is 17.7 Å². The predicted molar refractivity (Wildman–Crippen MR) is 110 cm³/mol. The molecule has 0 aliphatic carbocycles. The molecule has 0 saturated heterocycles. The van der Waals surface area contributed by atoms with Gasteiger partial charge in [0.2, 0.25) is 0 Å². The number of aliphatic imine (C=N–C) groups is 1. The Morgan fingerprint density at radius 1 is 1.18 bits per heavy atom. The van der Waals surface area contributed by atoms with Gasteiger partial charge in [-0.3, -0.25) is 10.1 Å². The van der Waals surface area contributed by atoms with Gasteiger partial charge in [-0.25, -0.2) is 9.97 Å². The van der Waals surface area contributed by atoms with Gasteiger partial charge in [-0.05, 0) is 42.3 Å². The third kappa shape index (κ3) is 5.43. The van der Waals surface area contributed by atoms with E-state index in [1.807, 2.05) is 30.3 Å². The monoisotopic (exact) mass is 399 g/mol. The highest BCUT2D eigenvalue weighted by Crippen LogP contribution is 2.18. The zero-order valence-corrected chi connectivity index (χ0v) is 16.5. The summed E-state index contributed by atoms with van der Waals surface area (Å²) in [6.45, 7) is 1.20. The standard InChI is InChI=1S/C19H22ClN7O/c1-21-19(22-10-9-13-3-8-16(20)23-11-13)24-12-17-25-18(27-26-17)14-4-6-15(28-2)7-5-14/h3-8,11H,9-10,12H2,1-2H3,(H2,21,22,24)(H,25,26,27). The molecule has 3 N–H and O–H groups in total. The quantitative estimate of drug-likeness (QED) is 0.320. The molecular weight excluding hydrogens is 378 g/mol. The van der Waals surface area contributed by atoms with E-state index in [0.29, 0.717) is 23.5 Å². The van der Waals surface area contributed by atoms with Crippen LogP contribution in [0.25, 0.3) is 11.4 Å². The minimum absolute atomic E-state index is 0.478. The highest BCUT2D eigenvalue weighted by atomic mass is 35.5. The zero-order valence-electron chi connectivity index (χ0n) is 15.7. The first-order chi connectivity index (χ1) is 13.7. The van der Waals surface area contributed by atoms with Gasteiger partial charge >= 0.3 is 0 Å². The van der Waals surface area contributed by atoms with Crippen molar-refractivity contribution >= 4 is 17.6 Å². The fourth-order valence-electron chi connectivity index (χ4n) is 2.51. The molecule has 9 heteroatoms.